The van der Waals surface area contributed by atoms with Crippen molar-refractivity contribution in [1.82, 2.24) is 4.98 Å². The third-order valence-corrected chi connectivity index (χ3v) is 4.36. The highest BCUT2D eigenvalue weighted by Gasteiger charge is 2.04. The van der Waals surface area contributed by atoms with Gasteiger partial charge in [0.05, 0.1) is 27.0 Å². The van der Waals surface area contributed by atoms with Crippen molar-refractivity contribution in [1.29, 1.82) is 0 Å². The molecule has 3 rings (SSSR count). The number of benzene rings is 2. The summed E-state index contributed by atoms with van der Waals surface area (Å²) in [6.45, 7) is 1.90. The number of aromatic nitrogens is 1. The number of fused-ring (bicyclic) bond motifs is 1. The quantitative estimate of drug-likeness (QED) is 0.455. The Morgan fingerprint density at radius 3 is 2.61 bits per heavy atom. The molecule has 6 heteroatoms. The third-order valence-electron chi connectivity index (χ3n) is 3.39. The maximum Gasteiger partial charge on any atom is 0.0738 e. The first kappa shape index (κ1) is 16.1. The summed E-state index contributed by atoms with van der Waals surface area (Å²) in [4.78, 5) is 4.30. The van der Waals surface area contributed by atoms with E-state index in [0.29, 0.717) is 15.1 Å². The molecule has 116 valence electrons. The van der Waals surface area contributed by atoms with Gasteiger partial charge in [0, 0.05) is 16.6 Å². The zero-order valence-corrected chi connectivity index (χ0v) is 14.4. The second-order valence-corrected chi connectivity index (χ2v) is 6.21. The van der Waals surface area contributed by atoms with Crippen molar-refractivity contribution in [3.05, 3.63) is 69.3 Å². The first-order valence-electron chi connectivity index (χ1n) is 6.84. The molecule has 0 aliphatic heterocycles. The number of nitrogens with one attached hydrogen (secondary N) is 1. The average molecular weight is 365 g/mol. The normalized spacial score (nSPS) is 11.7. The molecule has 0 aliphatic rings. The number of anilines is 1. The minimum absolute atomic E-state index is 0.503. The molecule has 2 aromatic carbocycles. The minimum Gasteiger partial charge on any atom is -0.277 e. The van der Waals surface area contributed by atoms with Gasteiger partial charge in [0.15, 0.2) is 0 Å². The number of nitrogens with zero attached hydrogens (tertiary/aromatic N) is 2. The van der Waals surface area contributed by atoms with Crippen molar-refractivity contribution in [3.8, 4) is 0 Å². The van der Waals surface area contributed by atoms with Crippen LogP contribution in [0.5, 0.6) is 0 Å². The highest BCUT2D eigenvalue weighted by molar-refractivity contribution is 6.42. The van der Waals surface area contributed by atoms with E-state index >= 15 is 0 Å². The van der Waals surface area contributed by atoms with Gasteiger partial charge < -0.3 is 0 Å². The second kappa shape index (κ2) is 6.75. The SMILES string of the molecule is C/C(=N\Nc1ccnc2cc(Cl)ccc12)c1ccc(Cl)c(Cl)c1. The van der Waals surface area contributed by atoms with E-state index in [0.717, 1.165) is 27.9 Å². The lowest BCUT2D eigenvalue weighted by atomic mass is 10.1. The zero-order valence-electron chi connectivity index (χ0n) is 12.1. The lowest BCUT2D eigenvalue weighted by Crippen LogP contribution is -2.00. The summed E-state index contributed by atoms with van der Waals surface area (Å²) in [5, 5.41) is 7.03. The first-order valence-corrected chi connectivity index (χ1v) is 7.98. The first-order chi connectivity index (χ1) is 11.0. The summed E-state index contributed by atoms with van der Waals surface area (Å²) in [6.07, 6.45) is 1.71. The van der Waals surface area contributed by atoms with E-state index in [1.54, 1.807) is 18.3 Å². The third kappa shape index (κ3) is 3.58. The second-order valence-electron chi connectivity index (χ2n) is 4.96. The van der Waals surface area contributed by atoms with E-state index in [9.17, 15) is 0 Å². The molecular weight excluding hydrogens is 353 g/mol. The summed E-state index contributed by atoms with van der Waals surface area (Å²) in [5.41, 5.74) is 6.42. The van der Waals surface area contributed by atoms with Crippen LogP contribution in [0.2, 0.25) is 15.1 Å². The van der Waals surface area contributed by atoms with Crippen LogP contribution < -0.4 is 5.43 Å². The summed E-state index contributed by atoms with van der Waals surface area (Å²) >= 11 is 18.0. The fraction of sp³-hybridized carbons (Fsp3) is 0.0588. The lowest BCUT2D eigenvalue weighted by molar-refractivity contribution is 1.31. The van der Waals surface area contributed by atoms with E-state index in [1.165, 1.54) is 0 Å². The van der Waals surface area contributed by atoms with Gasteiger partial charge in [-0.05, 0) is 48.9 Å². The predicted molar refractivity (Wildman–Crippen MR) is 99.0 cm³/mol. The molecule has 0 amide bonds. The highest BCUT2D eigenvalue weighted by Crippen LogP contribution is 2.25. The molecule has 23 heavy (non-hydrogen) atoms. The van der Waals surface area contributed by atoms with Gasteiger partial charge in [0.1, 0.15) is 0 Å². The molecule has 0 spiro atoms. The Hall–Kier alpha value is -1.81. The van der Waals surface area contributed by atoms with Crippen LogP contribution >= 0.6 is 34.8 Å². The number of halogens is 3. The van der Waals surface area contributed by atoms with Crippen molar-refractivity contribution in [2.45, 2.75) is 6.92 Å². The van der Waals surface area contributed by atoms with Crippen LogP contribution in [-0.2, 0) is 0 Å². The van der Waals surface area contributed by atoms with Gasteiger partial charge in [0.2, 0.25) is 0 Å². The number of hydrogen-bond donors (Lipinski definition) is 1. The molecule has 1 heterocycles. The Morgan fingerprint density at radius 2 is 1.83 bits per heavy atom. The number of pyridine rings is 1. The summed E-state index contributed by atoms with van der Waals surface area (Å²) < 4.78 is 0. The summed E-state index contributed by atoms with van der Waals surface area (Å²) in [7, 11) is 0. The topological polar surface area (TPSA) is 37.3 Å². The molecule has 0 fully saturated rings. The van der Waals surface area contributed by atoms with Crippen LogP contribution in [0, 0.1) is 0 Å². The van der Waals surface area contributed by atoms with Crippen LogP contribution in [0.15, 0.2) is 53.8 Å². The molecule has 0 unspecified atom stereocenters. The summed E-state index contributed by atoms with van der Waals surface area (Å²) in [6, 6.07) is 12.8. The molecule has 3 aromatic rings. The van der Waals surface area contributed by atoms with Crippen molar-refractivity contribution in [2.75, 3.05) is 5.43 Å². The van der Waals surface area contributed by atoms with E-state index in [4.69, 9.17) is 34.8 Å². The Balaban J connectivity index is 1.91. The number of hydrazone groups is 1. The monoisotopic (exact) mass is 363 g/mol. The lowest BCUT2D eigenvalue weighted by Gasteiger charge is -2.07. The standard InChI is InChI=1S/C17H12Cl3N3/c1-10(11-2-5-14(19)15(20)8-11)22-23-16-6-7-21-17-9-12(18)3-4-13(16)17/h2-9H,1H3,(H,21,23)/b22-10+. The Labute approximate surface area is 148 Å². The minimum atomic E-state index is 0.503. The van der Waals surface area contributed by atoms with Gasteiger partial charge in [0.25, 0.3) is 0 Å². The van der Waals surface area contributed by atoms with E-state index in [2.05, 4.69) is 15.5 Å². The molecule has 1 N–H and O–H groups in total. The largest absolute Gasteiger partial charge is 0.277 e. The van der Waals surface area contributed by atoms with Gasteiger partial charge >= 0.3 is 0 Å². The Bertz CT molecular complexity index is 907. The molecule has 0 radical (unpaired) electrons. The van der Waals surface area contributed by atoms with E-state index in [-0.39, 0.29) is 0 Å². The van der Waals surface area contributed by atoms with Crippen molar-refractivity contribution in [2.24, 2.45) is 5.10 Å². The Kier molecular flexibility index (Phi) is 4.71. The van der Waals surface area contributed by atoms with Gasteiger partial charge in [-0.25, -0.2) is 0 Å². The molecule has 0 bridgehead atoms. The molecule has 0 saturated heterocycles. The molecule has 0 aliphatic carbocycles. The zero-order chi connectivity index (χ0) is 16.4. The smallest absolute Gasteiger partial charge is 0.0738 e. The van der Waals surface area contributed by atoms with Crippen LogP contribution in [-0.4, -0.2) is 10.7 Å². The molecule has 3 nitrogen and oxygen atoms in total. The maximum atomic E-state index is 6.04. The van der Waals surface area contributed by atoms with Gasteiger partial charge in [-0.1, -0.05) is 40.9 Å². The van der Waals surface area contributed by atoms with Gasteiger partial charge in [-0.15, -0.1) is 0 Å². The van der Waals surface area contributed by atoms with Crippen LogP contribution in [0.1, 0.15) is 12.5 Å². The fourth-order valence-electron chi connectivity index (χ4n) is 2.15. The van der Waals surface area contributed by atoms with Crippen molar-refractivity contribution >= 4 is 57.1 Å². The predicted octanol–water partition coefficient (Wildman–Crippen LogP) is 6.03. The van der Waals surface area contributed by atoms with Gasteiger partial charge in [-0.2, -0.15) is 5.10 Å². The van der Waals surface area contributed by atoms with E-state index < -0.39 is 0 Å². The molecule has 1 aromatic heterocycles. The summed E-state index contributed by atoms with van der Waals surface area (Å²) in [5.74, 6) is 0. The maximum absolute atomic E-state index is 6.04. The molecule has 0 atom stereocenters. The average Bonchev–Trinajstić information content (AvgIpc) is 2.54. The number of rotatable bonds is 3. The van der Waals surface area contributed by atoms with Crippen LogP contribution in [0.25, 0.3) is 10.9 Å². The molecule has 0 saturated carbocycles. The van der Waals surface area contributed by atoms with Crippen molar-refractivity contribution < 1.29 is 0 Å². The van der Waals surface area contributed by atoms with Crippen LogP contribution in [0.3, 0.4) is 0 Å². The van der Waals surface area contributed by atoms with Gasteiger partial charge in [-0.3, -0.25) is 10.4 Å². The molecular formula is C17H12Cl3N3. The fourth-order valence-corrected chi connectivity index (χ4v) is 2.61. The number of hydrogen-bond acceptors (Lipinski definition) is 3. The Morgan fingerprint density at radius 1 is 1.00 bits per heavy atom. The van der Waals surface area contributed by atoms with Crippen LogP contribution in [0.4, 0.5) is 5.69 Å². The van der Waals surface area contributed by atoms with Crippen molar-refractivity contribution in [3.63, 3.8) is 0 Å². The van der Waals surface area contributed by atoms with E-state index in [1.807, 2.05) is 37.3 Å². The highest BCUT2D eigenvalue weighted by atomic mass is 35.5.